The zero-order valence-electron chi connectivity index (χ0n) is 27.3. The predicted molar refractivity (Wildman–Crippen MR) is 195 cm³/mol. The molecule has 0 bridgehead atoms. The topological polar surface area (TPSA) is 111 Å². The van der Waals surface area contributed by atoms with Crippen LogP contribution in [0.3, 0.4) is 0 Å². The van der Waals surface area contributed by atoms with Crippen LogP contribution in [0, 0.1) is 5.92 Å². The van der Waals surface area contributed by atoms with Crippen molar-refractivity contribution in [3.63, 3.8) is 0 Å². The molecule has 6 aromatic rings. The molecular weight excluding hydrogens is 669 g/mol. The van der Waals surface area contributed by atoms with Crippen LogP contribution < -0.4 is 4.72 Å². The molecule has 4 atom stereocenters. The molecule has 0 aliphatic carbocycles. The molecule has 0 saturated carbocycles. The SMILES string of the molecule is C[C@H]1[C@@H](CSc2nc(-c3ccccc3)c(-c3ccccc3)o2)O[C@@H](c2ccc(NS(=O)(=O)c3ccccc3)cc2)O[C@H]1c1ccc(CO)cc1. The molecule has 1 aromatic heterocycles. The van der Waals surface area contributed by atoms with E-state index >= 15 is 0 Å². The molecule has 2 N–H and O–H groups in total. The number of rotatable bonds is 11. The average molecular weight is 705 g/mol. The summed E-state index contributed by atoms with van der Waals surface area (Å²) in [5.41, 5.74) is 5.67. The Balaban J connectivity index is 1.14. The van der Waals surface area contributed by atoms with Crippen LogP contribution in [0.2, 0.25) is 0 Å². The van der Waals surface area contributed by atoms with Crippen molar-refractivity contribution >= 4 is 27.5 Å². The van der Waals surface area contributed by atoms with Crippen LogP contribution in [-0.4, -0.2) is 30.4 Å². The number of hydrogen-bond donors (Lipinski definition) is 2. The number of aliphatic hydroxyl groups is 1. The van der Waals surface area contributed by atoms with E-state index in [4.69, 9.17) is 18.9 Å². The largest absolute Gasteiger partial charge is 0.431 e. The summed E-state index contributed by atoms with van der Waals surface area (Å²) in [5, 5.41) is 10.2. The number of sulfonamides is 1. The highest BCUT2D eigenvalue weighted by Gasteiger charge is 2.38. The van der Waals surface area contributed by atoms with Gasteiger partial charge in [-0.1, -0.05) is 134 Å². The van der Waals surface area contributed by atoms with Crippen molar-refractivity contribution in [1.82, 2.24) is 4.98 Å². The molecule has 254 valence electrons. The Hall–Kier alpha value is -4.71. The lowest BCUT2D eigenvalue weighted by molar-refractivity contribution is -0.268. The average Bonchev–Trinajstić information content (AvgIpc) is 3.60. The molecule has 0 spiro atoms. The summed E-state index contributed by atoms with van der Waals surface area (Å²) in [6, 6.07) is 43.0. The van der Waals surface area contributed by atoms with Gasteiger partial charge in [0.2, 0.25) is 0 Å². The van der Waals surface area contributed by atoms with Crippen LogP contribution in [0.25, 0.3) is 22.6 Å². The van der Waals surface area contributed by atoms with E-state index in [-0.39, 0.29) is 29.6 Å². The van der Waals surface area contributed by atoms with Crippen molar-refractivity contribution in [3.05, 3.63) is 156 Å². The number of oxazole rings is 1. The van der Waals surface area contributed by atoms with Gasteiger partial charge in [0.25, 0.3) is 15.2 Å². The first-order chi connectivity index (χ1) is 24.4. The van der Waals surface area contributed by atoms with Gasteiger partial charge < -0.3 is 19.0 Å². The Morgan fingerprint density at radius 3 is 1.98 bits per heavy atom. The van der Waals surface area contributed by atoms with Gasteiger partial charge in [0, 0.05) is 34.0 Å². The van der Waals surface area contributed by atoms with E-state index in [0.717, 1.165) is 33.5 Å². The van der Waals surface area contributed by atoms with E-state index in [0.29, 0.717) is 22.4 Å². The van der Waals surface area contributed by atoms with E-state index < -0.39 is 16.3 Å². The van der Waals surface area contributed by atoms with Gasteiger partial charge in [-0.25, -0.2) is 13.4 Å². The minimum atomic E-state index is -3.74. The molecule has 10 heteroatoms. The third-order valence-corrected chi connectivity index (χ3v) is 11.0. The van der Waals surface area contributed by atoms with Gasteiger partial charge in [-0.05, 0) is 35.4 Å². The molecule has 0 unspecified atom stereocenters. The Morgan fingerprint density at radius 2 is 1.34 bits per heavy atom. The maximum Gasteiger partial charge on any atom is 0.261 e. The van der Waals surface area contributed by atoms with Gasteiger partial charge >= 0.3 is 0 Å². The van der Waals surface area contributed by atoms with Crippen molar-refractivity contribution in [2.45, 2.75) is 42.1 Å². The Kier molecular flexibility index (Phi) is 10.2. The summed E-state index contributed by atoms with van der Waals surface area (Å²) in [4.78, 5) is 5.12. The number of aromatic nitrogens is 1. The fourth-order valence-corrected chi connectivity index (χ4v) is 7.99. The van der Waals surface area contributed by atoms with Gasteiger partial charge in [0.15, 0.2) is 12.1 Å². The molecule has 0 amide bonds. The summed E-state index contributed by atoms with van der Waals surface area (Å²) in [6.45, 7) is 2.06. The Labute approximate surface area is 296 Å². The molecule has 8 nitrogen and oxygen atoms in total. The lowest BCUT2D eigenvalue weighted by Gasteiger charge is -2.41. The summed E-state index contributed by atoms with van der Waals surface area (Å²) in [6.07, 6.45) is -1.29. The van der Waals surface area contributed by atoms with Gasteiger partial charge in [0.05, 0.1) is 23.7 Å². The van der Waals surface area contributed by atoms with Gasteiger partial charge in [-0.3, -0.25) is 4.72 Å². The summed E-state index contributed by atoms with van der Waals surface area (Å²) < 4.78 is 48.1. The highest BCUT2D eigenvalue weighted by atomic mass is 32.2. The van der Waals surface area contributed by atoms with Crippen molar-refractivity contribution < 1.29 is 27.4 Å². The van der Waals surface area contributed by atoms with Crippen LogP contribution in [0.4, 0.5) is 5.69 Å². The van der Waals surface area contributed by atoms with E-state index in [1.807, 2.05) is 97.1 Å². The quantitative estimate of drug-likeness (QED) is 0.129. The lowest BCUT2D eigenvalue weighted by Crippen LogP contribution is -2.38. The minimum Gasteiger partial charge on any atom is -0.431 e. The van der Waals surface area contributed by atoms with Gasteiger partial charge in [-0.2, -0.15) is 0 Å². The van der Waals surface area contributed by atoms with Crippen LogP contribution >= 0.6 is 11.8 Å². The number of aliphatic hydroxyl groups excluding tert-OH is 1. The molecule has 7 rings (SSSR count). The third kappa shape index (κ3) is 7.55. The number of anilines is 1. The highest BCUT2D eigenvalue weighted by Crippen LogP contribution is 2.44. The van der Waals surface area contributed by atoms with Crippen LogP contribution in [-0.2, 0) is 26.1 Å². The standard InChI is InChI=1S/C40H36N2O6S2/c1-27-35(26-49-40-41-36(29-11-5-2-6-12-29)38(48-40)30-13-7-3-8-14-30)46-39(47-37(27)31-19-17-28(25-43)18-20-31)32-21-23-33(24-22-32)42-50(44,45)34-15-9-4-10-16-34/h2-24,27,35,37,39,42-43H,25-26H2,1H3/t27-,35+,37+,39+/m0/s1. The predicted octanol–water partition coefficient (Wildman–Crippen LogP) is 8.89. The number of thioether (sulfide) groups is 1. The monoisotopic (exact) mass is 704 g/mol. The maximum atomic E-state index is 12.9. The molecule has 5 aromatic carbocycles. The second-order valence-corrected chi connectivity index (χ2v) is 14.7. The number of ether oxygens (including phenoxy) is 2. The number of benzene rings is 5. The molecule has 0 radical (unpaired) electrons. The van der Waals surface area contributed by atoms with Gasteiger partial charge in [-0.15, -0.1) is 0 Å². The van der Waals surface area contributed by atoms with E-state index in [9.17, 15) is 13.5 Å². The van der Waals surface area contributed by atoms with Crippen LogP contribution in [0.1, 0.15) is 36.0 Å². The van der Waals surface area contributed by atoms with Crippen molar-refractivity contribution in [3.8, 4) is 22.6 Å². The molecule has 1 aliphatic heterocycles. The van der Waals surface area contributed by atoms with E-state index in [1.165, 1.54) is 11.8 Å². The fraction of sp³-hybridized carbons (Fsp3) is 0.175. The summed E-state index contributed by atoms with van der Waals surface area (Å²) in [5.74, 6) is 1.21. The lowest BCUT2D eigenvalue weighted by atomic mass is 9.91. The highest BCUT2D eigenvalue weighted by molar-refractivity contribution is 7.99. The minimum absolute atomic E-state index is 0.0428. The van der Waals surface area contributed by atoms with Crippen molar-refractivity contribution in [1.29, 1.82) is 0 Å². The first kappa shape index (κ1) is 33.8. The smallest absolute Gasteiger partial charge is 0.261 e. The Bertz CT molecular complexity index is 2050. The molecule has 50 heavy (non-hydrogen) atoms. The zero-order chi connectivity index (χ0) is 34.5. The van der Waals surface area contributed by atoms with Crippen molar-refractivity contribution in [2.24, 2.45) is 5.92 Å². The number of nitrogens with one attached hydrogen (secondary N) is 1. The Morgan fingerprint density at radius 1 is 0.740 bits per heavy atom. The summed E-state index contributed by atoms with van der Waals surface area (Å²) >= 11 is 1.49. The molecule has 1 fully saturated rings. The first-order valence-electron chi connectivity index (χ1n) is 16.3. The fourth-order valence-electron chi connectivity index (χ4n) is 5.92. The molecule has 1 aliphatic rings. The third-order valence-electron chi connectivity index (χ3n) is 8.67. The second kappa shape index (κ2) is 15.0. The first-order valence-corrected chi connectivity index (χ1v) is 18.8. The maximum absolute atomic E-state index is 12.9. The number of hydrogen-bond acceptors (Lipinski definition) is 8. The van der Waals surface area contributed by atoms with Crippen LogP contribution in [0.15, 0.2) is 154 Å². The molecule has 1 saturated heterocycles. The van der Waals surface area contributed by atoms with Gasteiger partial charge in [0.1, 0.15) is 5.69 Å². The zero-order valence-corrected chi connectivity index (χ0v) is 28.9. The summed E-state index contributed by atoms with van der Waals surface area (Å²) in [7, 11) is -3.74. The second-order valence-electron chi connectivity index (χ2n) is 12.1. The molecular formula is C40H36N2O6S2. The molecule has 2 heterocycles. The van der Waals surface area contributed by atoms with E-state index in [2.05, 4.69) is 11.6 Å². The normalized spacial score (nSPS) is 19.2. The van der Waals surface area contributed by atoms with E-state index in [1.54, 1.807) is 42.5 Å². The van der Waals surface area contributed by atoms with Crippen molar-refractivity contribution in [2.75, 3.05) is 10.5 Å². The number of nitrogens with zero attached hydrogens (tertiary/aromatic N) is 1. The van der Waals surface area contributed by atoms with Crippen LogP contribution in [0.5, 0.6) is 0 Å².